The summed E-state index contributed by atoms with van der Waals surface area (Å²) in [5, 5.41) is 36.6. The van der Waals surface area contributed by atoms with Crippen molar-refractivity contribution in [2.75, 3.05) is 23.8 Å². The van der Waals surface area contributed by atoms with E-state index in [1.54, 1.807) is 12.1 Å². The maximum Gasteiger partial charge on any atom is 0.102 e. The van der Waals surface area contributed by atoms with Gasteiger partial charge in [0.25, 0.3) is 0 Å². The lowest BCUT2D eigenvalue weighted by molar-refractivity contribution is 0.0420. The van der Waals surface area contributed by atoms with E-state index in [1.165, 1.54) is 0 Å². The average molecular weight is 279 g/mol. The highest BCUT2D eigenvalue weighted by Crippen LogP contribution is 2.29. The van der Waals surface area contributed by atoms with Crippen LogP contribution in [0.3, 0.4) is 0 Å². The zero-order valence-corrected chi connectivity index (χ0v) is 11.2. The van der Waals surface area contributed by atoms with Crippen molar-refractivity contribution >= 4 is 17.1 Å². The smallest absolute Gasteiger partial charge is 0.102 e. The predicted octanol–water partition coefficient (Wildman–Crippen LogP) is -0.0285. The Morgan fingerprint density at radius 1 is 1.30 bits per heavy atom. The number of nitrogens with two attached hydrogens (primary N) is 1. The minimum Gasteiger partial charge on any atom is -0.399 e. The number of β-amino-alcohol motifs (C(OH)–C–C–N with tert-alkyl or cyclic N) is 1. The molecular weight excluding hydrogens is 258 g/mol. The van der Waals surface area contributed by atoms with Crippen molar-refractivity contribution < 1.29 is 15.3 Å². The minimum absolute atomic E-state index is 0.0773. The Labute approximate surface area is 118 Å². The van der Waals surface area contributed by atoms with Gasteiger partial charge in [-0.25, -0.2) is 0 Å². The predicted molar refractivity (Wildman–Crippen MR) is 78.0 cm³/mol. The van der Waals surface area contributed by atoms with Gasteiger partial charge in [-0.1, -0.05) is 0 Å². The Morgan fingerprint density at radius 3 is 2.55 bits per heavy atom. The fourth-order valence-electron chi connectivity index (χ4n) is 2.57. The first-order chi connectivity index (χ1) is 9.52. The molecule has 0 aliphatic carbocycles. The number of benzene rings is 1. The quantitative estimate of drug-likeness (QED) is 0.384. The molecule has 1 aliphatic rings. The maximum atomic E-state index is 10.1. The van der Waals surface area contributed by atoms with Gasteiger partial charge in [0.1, 0.15) is 6.10 Å². The highest BCUT2D eigenvalue weighted by atomic mass is 16.3. The lowest BCUT2D eigenvalue weighted by atomic mass is 10.0. The van der Waals surface area contributed by atoms with Crippen molar-refractivity contribution in [3.05, 3.63) is 24.3 Å². The van der Waals surface area contributed by atoms with Crippen LogP contribution in [0.4, 0.5) is 11.4 Å². The van der Waals surface area contributed by atoms with Crippen LogP contribution in [-0.4, -0.2) is 52.4 Å². The van der Waals surface area contributed by atoms with Crippen LogP contribution in [-0.2, 0) is 0 Å². The normalized spacial score (nSPS) is 25.9. The van der Waals surface area contributed by atoms with Crippen LogP contribution >= 0.6 is 0 Å². The number of aliphatic hydroxyl groups excluding tert-OH is 3. The van der Waals surface area contributed by atoms with Gasteiger partial charge in [0, 0.05) is 43.1 Å². The van der Waals surface area contributed by atoms with Gasteiger partial charge in [0.05, 0.1) is 12.1 Å². The Morgan fingerprint density at radius 2 is 1.95 bits per heavy atom. The van der Waals surface area contributed by atoms with Crippen molar-refractivity contribution in [1.82, 2.24) is 0 Å². The van der Waals surface area contributed by atoms with Crippen LogP contribution in [0.25, 0.3) is 0 Å². The molecule has 20 heavy (non-hydrogen) atoms. The number of nitrogen functional groups attached to an aromatic ring is 1. The van der Waals surface area contributed by atoms with Crippen LogP contribution < -0.4 is 10.6 Å². The van der Waals surface area contributed by atoms with Crippen molar-refractivity contribution in [3.63, 3.8) is 0 Å². The van der Waals surface area contributed by atoms with Crippen LogP contribution in [0.2, 0.25) is 0 Å². The molecule has 0 spiro atoms. The second-order valence-corrected chi connectivity index (χ2v) is 5.15. The highest BCUT2D eigenvalue weighted by Gasteiger charge is 2.40. The standard InChI is InChI=1S/C14H21N3O3/c15-9-1-3-11(4-2-9)17-8-13(19)14(20)12(17)7-10(16)5-6-18/h1-4,12-14,16,18-20H,5-8,15H2. The first-order valence-electron chi connectivity index (χ1n) is 6.68. The molecule has 1 aliphatic heterocycles. The van der Waals surface area contributed by atoms with Gasteiger partial charge >= 0.3 is 0 Å². The molecule has 1 fully saturated rings. The van der Waals surface area contributed by atoms with E-state index in [0.717, 1.165) is 5.69 Å². The van der Waals surface area contributed by atoms with Gasteiger partial charge in [0.15, 0.2) is 0 Å². The van der Waals surface area contributed by atoms with Gasteiger partial charge in [-0.15, -0.1) is 0 Å². The molecule has 3 unspecified atom stereocenters. The summed E-state index contributed by atoms with van der Waals surface area (Å²) in [6.45, 7) is 0.244. The molecule has 6 heteroatoms. The molecule has 1 aromatic rings. The SMILES string of the molecule is N=C(CCO)CC1C(O)C(O)CN1c1ccc(N)cc1. The molecule has 110 valence electrons. The van der Waals surface area contributed by atoms with Gasteiger partial charge in [0.2, 0.25) is 0 Å². The summed E-state index contributed by atoms with van der Waals surface area (Å²) in [6, 6.07) is 6.85. The Kier molecular flexibility index (Phi) is 4.59. The molecule has 0 amide bonds. The molecule has 2 rings (SSSR count). The number of rotatable bonds is 5. The van der Waals surface area contributed by atoms with Crippen molar-refractivity contribution in [1.29, 1.82) is 5.41 Å². The third-order valence-electron chi connectivity index (χ3n) is 3.67. The first-order valence-corrected chi connectivity index (χ1v) is 6.68. The van der Waals surface area contributed by atoms with Crippen molar-refractivity contribution in [2.45, 2.75) is 31.1 Å². The van der Waals surface area contributed by atoms with Gasteiger partial charge < -0.3 is 31.4 Å². The lowest BCUT2D eigenvalue weighted by Crippen LogP contribution is -2.38. The molecule has 0 bridgehead atoms. The van der Waals surface area contributed by atoms with Crippen LogP contribution in [0.5, 0.6) is 0 Å². The highest BCUT2D eigenvalue weighted by molar-refractivity contribution is 5.82. The van der Waals surface area contributed by atoms with Crippen molar-refractivity contribution in [3.8, 4) is 0 Å². The fourth-order valence-corrected chi connectivity index (χ4v) is 2.57. The van der Waals surface area contributed by atoms with Gasteiger partial charge in [-0.05, 0) is 24.3 Å². The third-order valence-corrected chi connectivity index (χ3v) is 3.67. The van der Waals surface area contributed by atoms with Crippen LogP contribution in [0, 0.1) is 5.41 Å². The topological polar surface area (TPSA) is 114 Å². The molecule has 1 heterocycles. The van der Waals surface area contributed by atoms with E-state index in [4.69, 9.17) is 16.2 Å². The van der Waals surface area contributed by atoms with E-state index >= 15 is 0 Å². The Balaban J connectivity index is 2.17. The second-order valence-electron chi connectivity index (χ2n) is 5.15. The Bertz CT molecular complexity index is 463. The van der Waals surface area contributed by atoms with Gasteiger partial charge in [-0.3, -0.25) is 0 Å². The van der Waals surface area contributed by atoms with Crippen molar-refractivity contribution in [2.24, 2.45) is 0 Å². The average Bonchev–Trinajstić information content (AvgIpc) is 2.68. The number of nitrogens with one attached hydrogen (secondary N) is 1. The molecule has 6 nitrogen and oxygen atoms in total. The van der Waals surface area contributed by atoms with Gasteiger partial charge in [-0.2, -0.15) is 0 Å². The molecule has 1 aromatic carbocycles. The summed E-state index contributed by atoms with van der Waals surface area (Å²) in [5.74, 6) is 0. The zero-order valence-electron chi connectivity index (χ0n) is 11.2. The molecule has 3 atom stereocenters. The number of anilines is 2. The zero-order chi connectivity index (χ0) is 14.7. The van der Waals surface area contributed by atoms with E-state index < -0.39 is 12.2 Å². The molecule has 1 saturated heterocycles. The van der Waals surface area contributed by atoms with E-state index in [2.05, 4.69) is 0 Å². The number of hydrogen-bond acceptors (Lipinski definition) is 6. The largest absolute Gasteiger partial charge is 0.399 e. The minimum atomic E-state index is -0.897. The van der Waals surface area contributed by atoms with E-state index in [0.29, 0.717) is 24.4 Å². The molecule has 0 saturated carbocycles. The van der Waals surface area contributed by atoms with E-state index in [-0.39, 0.29) is 19.1 Å². The number of aliphatic hydroxyl groups is 3. The molecular formula is C14H21N3O3. The maximum absolute atomic E-state index is 10.1. The lowest BCUT2D eigenvalue weighted by Gasteiger charge is -2.28. The monoisotopic (exact) mass is 279 g/mol. The van der Waals surface area contributed by atoms with Crippen LogP contribution in [0.15, 0.2) is 24.3 Å². The second kappa shape index (κ2) is 6.21. The first kappa shape index (κ1) is 14.8. The summed E-state index contributed by atoms with van der Waals surface area (Å²) in [6.07, 6.45) is -1.12. The molecule has 0 aromatic heterocycles. The summed E-state index contributed by atoms with van der Waals surface area (Å²) in [5.41, 5.74) is 7.53. The van der Waals surface area contributed by atoms with Crippen LogP contribution in [0.1, 0.15) is 12.8 Å². The fraction of sp³-hybridized carbons (Fsp3) is 0.500. The molecule has 0 radical (unpaired) electrons. The third kappa shape index (κ3) is 3.09. The summed E-state index contributed by atoms with van der Waals surface area (Å²) >= 11 is 0. The summed E-state index contributed by atoms with van der Waals surface area (Å²) < 4.78 is 0. The Hall–Kier alpha value is -1.63. The number of hydrogen-bond donors (Lipinski definition) is 5. The summed E-state index contributed by atoms with van der Waals surface area (Å²) in [7, 11) is 0. The number of nitrogens with zero attached hydrogens (tertiary/aromatic N) is 1. The van der Waals surface area contributed by atoms with E-state index in [1.807, 2.05) is 17.0 Å². The van der Waals surface area contributed by atoms with E-state index in [9.17, 15) is 10.2 Å². The molecule has 6 N–H and O–H groups in total. The summed E-state index contributed by atoms with van der Waals surface area (Å²) in [4.78, 5) is 1.89.